The molecule has 1 heterocycles. The summed E-state index contributed by atoms with van der Waals surface area (Å²) in [6.45, 7) is 0.705. The van der Waals surface area contributed by atoms with Crippen LogP contribution in [0.25, 0.3) is 11.4 Å². The van der Waals surface area contributed by atoms with Crippen molar-refractivity contribution in [3.8, 4) is 11.4 Å². The van der Waals surface area contributed by atoms with Crippen molar-refractivity contribution in [2.24, 2.45) is 0 Å². The number of halogens is 1. The maximum Gasteiger partial charge on any atom is 0.226 e. The Balaban J connectivity index is 1.22. The van der Waals surface area contributed by atoms with Crippen LogP contribution in [-0.4, -0.2) is 22.6 Å². The number of aromatic nitrogens is 2. The monoisotopic (exact) mass is 395 g/mol. The van der Waals surface area contributed by atoms with Crippen LogP contribution >= 0.6 is 11.6 Å². The molecule has 0 spiro atoms. The van der Waals surface area contributed by atoms with Gasteiger partial charge >= 0.3 is 0 Å². The second-order valence-corrected chi connectivity index (χ2v) is 7.73. The summed E-state index contributed by atoms with van der Waals surface area (Å²) in [7, 11) is 0. The van der Waals surface area contributed by atoms with Gasteiger partial charge in [0.15, 0.2) is 0 Å². The summed E-state index contributed by atoms with van der Waals surface area (Å²) in [6.07, 6.45) is 3.97. The lowest BCUT2D eigenvalue weighted by Gasteiger charge is -2.16. The average Bonchev–Trinajstić information content (AvgIpc) is 3.38. The average molecular weight is 396 g/mol. The summed E-state index contributed by atoms with van der Waals surface area (Å²) < 4.78 is 5.29. The molecule has 3 aromatic rings. The van der Waals surface area contributed by atoms with E-state index in [2.05, 4.69) is 39.7 Å². The largest absolute Gasteiger partial charge is 0.355 e. The lowest BCUT2D eigenvalue weighted by atomic mass is 9.96. The van der Waals surface area contributed by atoms with Crippen molar-refractivity contribution >= 4 is 17.5 Å². The van der Waals surface area contributed by atoms with Gasteiger partial charge in [-0.1, -0.05) is 47.1 Å². The van der Waals surface area contributed by atoms with E-state index in [1.54, 1.807) is 12.1 Å². The molecule has 2 aromatic carbocycles. The third-order valence-electron chi connectivity index (χ3n) is 5.23. The molecule has 0 atom stereocenters. The topological polar surface area (TPSA) is 68.0 Å². The van der Waals surface area contributed by atoms with Gasteiger partial charge < -0.3 is 9.84 Å². The number of hydrogen-bond donors (Lipinski definition) is 1. The van der Waals surface area contributed by atoms with Crippen molar-refractivity contribution in [3.63, 3.8) is 0 Å². The van der Waals surface area contributed by atoms with Gasteiger partial charge in [0.1, 0.15) is 0 Å². The van der Waals surface area contributed by atoms with E-state index in [-0.39, 0.29) is 11.3 Å². The van der Waals surface area contributed by atoms with Gasteiger partial charge in [-0.3, -0.25) is 4.79 Å². The molecule has 28 heavy (non-hydrogen) atoms. The molecule has 0 bridgehead atoms. The predicted molar refractivity (Wildman–Crippen MR) is 108 cm³/mol. The molecule has 1 fully saturated rings. The molecular weight excluding hydrogens is 374 g/mol. The van der Waals surface area contributed by atoms with Crippen molar-refractivity contribution in [1.29, 1.82) is 0 Å². The van der Waals surface area contributed by atoms with E-state index in [0.717, 1.165) is 18.4 Å². The Morgan fingerprint density at radius 1 is 1.11 bits per heavy atom. The molecule has 0 unspecified atom stereocenters. The lowest BCUT2D eigenvalue weighted by molar-refractivity contribution is -0.121. The van der Waals surface area contributed by atoms with Crippen molar-refractivity contribution in [1.82, 2.24) is 15.5 Å². The first-order valence-electron chi connectivity index (χ1n) is 9.55. The highest BCUT2D eigenvalue weighted by Crippen LogP contribution is 2.47. The Hall–Kier alpha value is -2.66. The highest BCUT2D eigenvalue weighted by atomic mass is 35.5. The van der Waals surface area contributed by atoms with Gasteiger partial charge in [0, 0.05) is 35.4 Å². The first kappa shape index (κ1) is 18.7. The van der Waals surface area contributed by atoms with Crippen LogP contribution in [0.1, 0.15) is 37.1 Å². The van der Waals surface area contributed by atoms with E-state index in [0.29, 0.717) is 42.5 Å². The van der Waals surface area contributed by atoms with Crippen LogP contribution in [0.5, 0.6) is 0 Å². The summed E-state index contributed by atoms with van der Waals surface area (Å²) in [5, 5.41) is 7.75. The van der Waals surface area contributed by atoms with E-state index in [4.69, 9.17) is 16.1 Å². The minimum atomic E-state index is 0.0691. The van der Waals surface area contributed by atoms with Crippen molar-refractivity contribution in [3.05, 3.63) is 71.1 Å². The molecule has 1 aromatic heterocycles. The van der Waals surface area contributed by atoms with Crippen molar-refractivity contribution in [2.75, 3.05) is 6.54 Å². The predicted octanol–water partition coefficient (Wildman–Crippen LogP) is 4.56. The summed E-state index contributed by atoms with van der Waals surface area (Å²) in [5.41, 5.74) is 2.31. The highest BCUT2D eigenvalue weighted by Gasteiger charge is 2.44. The second kappa shape index (κ2) is 8.15. The number of benzene rings is 2. The molecule has 1 N–H and O–H groups in total. The maximum atomic E-state index is 12.2. The van der Waals surface area contributed by atoms with Gasteiger partial charge in [-0.2, -0.15) is 4.98 Å². The zero-order valence-electron chi connectivity index (χ0n) is 15.5. The molecule has 1 saturated carbocycles. The van der Waals surface area contributed by atoms with Crippen LogP contribution < -0.4 is 5.32 Å². The van der Waals surface area contributed by atoms with Gasteiger partial charge in [0.2, 0.25) is 17.6 Å². The number of aryl methyl sites for hydroxylation is 1. The summed E-state index contributed by atoms with van der Waals surface area (Å²) in [6, 6.07) is 17.7. The second-order valence-electron chi connectivity index (χ2n) is 7.30. The molecule has 0 radical (unpaired) electrons. The van der Waals surface area contributed by atoms with Crippen LogP contribution in [0.15, 0.2) is 59.1 Å². The Kier molecular flexibility index (Phi) is 5.44. The maximum absolute atomic E-state index is 12.2. The fourth-order valence-electron chi connectivity index (χ4n) is 3.34. The molecule has 0 saturated heterocycles. The van der Waals surface area contributed by atoms with Gasteiger partial charge in [-0.25, -0.2) is 0 Å². The first-order chi connectivity index (χ1) is 13.6. The normalized spacial score (nSPS) is 14.6. The Bertz CT molecular complexity index is 934. The van der Waals surface area contributed by atoms with Crippen molar-refractivity contribution < 1.29 is 9.32 Å². The molecule has 1 amide bonds. The summed E-state index contributed by atoms with van der Waals surface area (Å²) >= 11 is 5.89. The zero-order chi connectivity index (χ0) is 19.4. The van der Waals surface area contributed by atoms with E-state index in [1.165, 1.54) is 5.56 Å². The fraction of sp³-hybridized carbons (Fsp3) is 0.318. The number of nitrogens with zero attached hydrogens (tertiary/aromatic N) is 2. The lowest BCUT2D eigenvalue weighted by Crippen LogP contribution is -2.32. The van der Waals surface area contributed by atoms with Crippen LogP contribution in [0.2, 0.25) is 5.02 Å². The first-order valence-corrected chi connectivity index (χ1v) is 9.93. The molecule has 5 nitrogen and oxygen atoms in total. The van der Waals surface area contributed by atoms with Crippen LogP contribution in [0, 0.1) is 0 Å². The molecule has 4 rings (SSSR count). The molecule has 0 aliphatic heterocycles. The number of nitrogens with one attached hydrogen (secondary N) is 1. The van der Waals surface area contributed by atoms with E-state index < -0.39 is 0 Å². The summed E-state index contributed by atoms with van der Waals surface area (Å²) in [5.74, 6) is 1.15. The van der Waals surface area contributed by atoms with Gasteiger partial charge in [0.05, 0.1) is 0 Å². The van der Waals surface area contributed by atoms with Gasteiger partial charge in [-0.05, 0) is 49.1 Å². The SMILES string of the molecule is O=C(CCCc1nc(-c2ccc(Cl)cc2)no1)NCC1(c2ccccc2)CC1. The zero-order valence-corrected chi connectivity index (χ0v) is 16.3. The Morgan fingerprint density at radius 2 is 1.86 bits per heavy atom. The molecule has 6 heteroatoms. The number of hydrogen-bond acceptors (Lipinski definition) is 4. The highest BCUT2D eigenvalue weighted by molar-refractivity contribution is 6.30. The number of carbonyl (C=O) groups is 1. The minimum Gasteiger partial charge on any atom is -0.355 e. The molecule has 1 aliphatic rings. The van der Waals surface area contributed by atoms with Gasteiger partial charge in [-0.15, -0.1) is 0 Å². The standard InChI is InChI=1S/C22H22ClN3O2/c23-18-11-9-16(10-12-18)21-25-20(28-26-21)8-4-7-19(27)24-15-22(13-14-22)17-5-2-1-3-6-17/h1-3,5-6,9-12H,4,7-8,13-15H2,(H,24,27). The third-order valence-corrected chi connectivity index (χ3v) is 5.48. The van der Waals surface area contributed by atoms with Crippen molar-refractivity contribution in [2.45, 2.75) is 37.5 Å². The van der Waals surface area contributed by atoms with Gasteiger partial charge in [0.25, 0.3) is 0 Å². The minimum absolute atomic E-state index is 0.0691. The Morgan fingerprint density at radius 3 is 2.57 bits per heavy atom. The number of amides is 1. The smallest absolute Gasteiger partial charge is 0.226 e. The number of carbonyl (C=O) groups excluding carboxylic acids is 1. The van der Waals surface area contributed by atoms with E-state index in [9.17, 15) is 4.79 Å². The summed E-state index contributed by atoms with van der Waals surface area (Å²) in [4.78, 5) is 16.6. The van der Waals surface area contributed by atoms with Crippen LogP contribution in [-0.2, 0) is 16.6 Å². The van der Waals surface area contributed by atoms with E-state index in [1.807, 2.05) is 18.2 Å². The Labute approximate surface area is 169 Å². The fourth-order valence-corrected chi connectivity index (χ4v) is 3.47. The van der Waals surface area contributed by atoms with Crippen LogP contribution in [0.3, 0.4) is 0 Å². The van der Waals surface area contributed by atoms with E-state index >= 15 is 0 Å². The molecule has 1 aliphatic carbocycles. The number of rotatable bonds is 8. The third kappa shape index (κ3) is 4.42. The molecular formula is C22H22ClN3O2. The quantitative estimate of drug-likeness (QED) is 0.607. The van der Waals surface area contributed by atoms with Crippen LogP contribution in [0.4, 0.5) is 0 Å². The molecule has 144 valence electrons.